The van der Waals surface area contributed by atoms with Crippen LogP contribution in [-0.2, 0) is 18.9 Å². The number of quaternary nitrogens is 1. The summed E-state index contributed by atoms with van der Waals surface area (Å²) in [6.45, 7) is 15.8. The van der Waals surface area contributed by atoms with Crippen LogP contribution in [0.2, 0.25) is 0 Å². The van der Waals surface area contributed by atoms with E-state index in [0.29, 0.717) is 6.10 Å². The van der Waals surface area contributed by atoms with Crippen LogP contribution in [0.25, 0.3) is 0 Å². The van der Waals surface area contributed by atoms with Crippen molar-refractivity contribution in [2.75, 3.05) is 72.4 Å². The summed E-state index contributed by atoms with van der Waals surface area (Å²) in [5, 5.41) is 0. The van der Waals surface area contributed by atoms with Crippen LogP contribution in [0.5, 0.6) is 0 Å². The molecule has 1 unspecified atom stereocenters. The molecule has 1 atom stereocenters. The summed E-state index contributed by atoms with van der Waals surface area (Å²) in [5.41, 5.74) is 0. The third-order valence-corrected chi connectivity index (χ3v) is 3.74. The van der Waals surface area contributed by atoms with Crippen LogP contribution in [0.1, 0.15) is 20.8 Å². The highest BCUT2D eigenvalue weighted by Crippen LogP contribution is 2.18. The Morgan fingerprint density at radius 3 is 1.55 bits per heavy atom. The Bertz CT molecular complexity index is 207. The van der Waals surface area contributed by atoms with E-state index in [-0.39, 0.29) is 0 Å². The van der Waals surface area contributed by atoms with Gasteiger partial charge in [0.2, 0.25) is 0 Å². The average Bonchev–Trinajstić information content (AvgIpc) is 3.23. The minimum absolute atomic E-state index is 0.417. The second-order valence-electron chi connectivity index (χ2n) is 5.24. The van der Waals surface area contributed by atoms with Crippen molar-refractivity contribution < 1.29 is 23.4 Å². The molecule has 1 fully saturated rings. The summed E-state index contributed by atoms with van der Waals surface area (Å²) >= 11 is 0. The van der Waals surface area contributed by atoms with Gasteiger partial charge in [-0.05, 0) is 20.8 Å². The molecular formula is C15H32NO4+. The molecule has 0 spiro atoms. The largest absolute Gasteiger partial charge is 0.376 e. The zero-order valence-electron chi connectivity index (χ0n) is 13.4. The molecular weight excluding hydrogens is 258 g/mol. The van der Waals surface area contributed by atoms with Crippen LogP contribution in [0.15, 0.2) is 0 Å². The zero-order chi connectivity index (χ0) is 14.7. The van der Waals surface area contributed by atoms with Crippen molar-refractivity contribution in [3.63, 3.8) is 0 Å². The monoisotopic (exact) mass is 290 g/mol. The van der Waals surface area contributed by atoms with Crippen molar-refractivity contribution in [2.24, 2.45) is 0 Å². The summed E-state index contributed by atoms with van der Waals surface area (Å²) in [5.74, 6) is 0. The SMILES string of the molecule is CCOCC[N+](CCOCC)(CCOCC)CC1CO1. The smallest absolute Gasteiger partial charge is 0.130 e. The van der Waals surface area contributed by atoms with Gasteiger partial charge in [0, 0.05) is 19.8 Å². The van der Waals surface area contributed by atoms with E-state index < -0.39 is 0 Å². The molecule has 5 nitrogen and oxygen atoms in total. The highest BCUT2D eigenvalue weighted by Gasteiger charge is 2.36. The van der Waals surface area contributed by atoms with Gasteiger partial charge in [-0.3, -0.25) is 0 Å². The molecule has 0 saturated carbocycles. The topological polar surface area (TPSA) is 40.2 Å². The van der Waals surface area contributed by atoms with Gasteiger partial charge in [0.1, 0.15) is 32.3 Å². The van der Waals surface area contributed by atoms with E-state index in [1.807, 2.05) is 20.8 Å². The molecule has 1 rings (SSSR count). The predicted octanol–water partition coefficient (Wildman–Crippen LogP) is 1.31. The third kappa shape index (κ3) is 7.55. The standard InChI is InChI=1S/C15H32NO4/c1-4-17-10-7-16(8-11-18-5-2,9-12-19-6-3)13-15-14-20-15/h15H,4-14H2,1-3H3/q+1. The first-order valence-electron chi connectivity index (χ1n) is 7.96. The Balaban J connectivity index is 2.51. The Kier molecular flexibility index (Phi) is 9.39. The second kappa shape index (κ2) is 10.5. The van der Waals surface area contributed by atoms with E-state index in [0.717, 1.165) is 76.9 Å². The molecule has 0 aromatic heterocycles. The number of nitrogens with zero attached hydrogens (tertiary/aromatic N) is 1. The summed E-state index contributed by atoms with van der Waals surface area (Å²) in [6, 6.07) is 0. The van der Waals surface area contributed by atoms with Gasteiger partial charge in [0.25, 0.3) is 0 Å². The molecule has 1 aliphatic heterocycles. The molecule has 0 aromatic carbocycles. The molecule has 120 valence electrons. The van der Waals surface area contributed by atoms with Crippen LogP contribution in [0.3, 0.4) is 0 Å². The van der Waals surface area contributed by atoms with E-state index in [1.54, 1.807) is 0 Å². The summed E-state index contributed by atoms with van der Waals surface area (Å²) in [6.07, 6.45) is 0.417. The van der Waals surface area contributed by atoms with Crippen molar-refractivity contribution >= 4 is 0 Å². The van der Waals surface area contributed by atoms with Gasteiger partial charge < -0.3 is 23.4 Å². The maximum absolute atomic E-state index is 5.57. The van der Waals surface area contributed by atoms with Crippen LogP contribution >= 0.6 is 0 Å². The summed E-state index contributed by atoms with van der Waals surface area (Å²) in [4.78, 5) is 0. The van der Waals surface area contributed by atoms with Crippen LogP contribution < -0.4 is 0 Å². The minimum Gasteiger partial charge on any atom is -0.376 e. The van der Waals surface area contributed by atoms with Crippen LogP contribution in [0, 0.1) is 0 Å². The molecule has 0 N–H and O–H groups in total. The molecule has 20 heavy (non-hydrogen) atoms. The molecule has 0 amide bonds. The van der Waals surface area contributed by atoms with E-state index in [1.165, 1.54) is 0 Å². The third-order valence-electron chi connectivity index (χ3n) is 3.74. The van der Waals surface area contributed by atoms with Crippen molar-refractivity contribution in [2.45, 2.75) is 26.9 Å². The van der Waals surface area contributed by atoms with Gasteiger partial charge >= 0.3 is 0 Å². The quantitative estimate of drug-likeness (QED) is 0.275. The van der Waals surface area contributed by atoms with Crippen LogP contribution in [0.4, 0.5) is 0 Å². The maximum atomic E-state index is 5.57. The Hall–Kier alpha value is -0.200. The first kappa shape index (κ1) is 17.9. The highest BCUT2D eigenvalue weighted by atomic mass is 16.6. The lowest BCUT2D eigenvalue weighted by molar-refractivity contribution is -0.929. The number of rotatable bonds is 14. The minimum atomic E-state index is 0.417. The zero-order valence-corrected chi connectivity index (χ0v) is 13.4. The van der Waals surface area contributed by atoms with E-state index in [9.17, 15) is 0 Å². The first-order chi connectivity index (χ1) is 9.76. The first-order valence-corrected chi connectivity index (χ1v) is 7.96. The fraction of sp³-hybridized carbons (Fsp3) is 1.00. The summed E-state index contributed by atoms with van der Waals surface area (Å²) < 4.78 is 23.1. The van der Waals surface area contributed by atoms with Gasteiger partial charge in [0.15, 0.2) is 0 Å². The van der Waals surface area contributed by atoms with Gasteiger partial charge in [-0.15, -0.1) is 0 Å². The summed E-state index contributed by atoms with van der Waals surface area (Å²) in [7, 11) is 0. The number of ether oxygens (including phenoxy) is 4. The lowest BCUT2D eigenvalue weighted by Crippen LogP contribution is -2.55. The van der Waals surface area contributed by atoms with Crippen LogP contribution in [-0.4, -0.2) is 83.0 Å². The second-order valence-corrected chi connectivity index (χ2v) is 5.24. The van der Waals surface area contributed by atoms with E-state index >= 15 is 0 Å². The van der Waals surface area contributed by atoms with Crippen molar-refractivity contribution in [1.29, 1.82) is 0 Å². The van der Waals surface area contributed by atoms with Gasteiger partial charge in [-0.25, -0.2) is 0 Å². The fourth-order valence-electron chi connectivity index (χ4n) is 2.42. The lowest BCUT2D eigenvalue weighted by atomic mass is 10.2. The Labute approximate surface area is 123 Å². The molecule has 0 aromatic rings. The molecule has 5 heteroatoms. The molecule has 0 radical (unpaired) electrons. The van der Waals surface area contributed by atoms with E-state index in [4.69, 9.17) is 18.9 Å². The fourth-order valence-corrected chi connectivity index (χ4v) is 2.42. The number of hydrogen-bond acceptors (Lipinski definition) is 4. The van der Waals surface area contributed by atoms with Crippen molar-refractivity contribution in [1.82, 2.24) is 0 Å². The average molecular weight is 290 g/mol. The Morgan fingerprint density at radius 1 is 0.850 bits per heavy atom. The molecule has 1 heterocycles. The molecule has 1 saturated heterocycles. The highest BCUT2D eigenvalue weighted by molar-refractivity contribution is 4.69. The molecule has 0 aliphatic carbocycles. The normalized spacial score (nSPS) is 18.4. The van der Waals surface area contributed by atoms with Gasteiger partial charge in [0.05, 0.1) is 26.4 Å². The molecule has 0 bridgehead atoms. The predicted molar refractivity (Wildman–Crippen MR) is 78.9 cm³/mol. The van der Waals surface area contributed by atoms with Gasteiger partial charge in [-0.1, -0.05) is 0 Å². The van der Waals surface area contributed by atoms with Crippen molar-refractivity contribution in [3.05, 3.63) is 0 Å². The van der Waals surface area contributed by atoms with Crippen molar-refractivity contribution in [3.8, 4) is 0 Å². The maximum Gasteiger partial charge on any atom is 0.130 e. The number of epoxide rings is 1. The van der Waals surface area contributed by atoms with Gasteiger partial charge in [-0.2, -0.15) is 0 Å². The molecule has 1 aliphatic rings. The number of hydrogen-bond donors (Lipinski definition) is 0. The lowest BCUT2D eigenvalue weighted by Gasteiger charge is -2.38. The van der Waals surface area contributed by atoms with E-state index in [2.05, 4.69) is 0 Å². The Morgan fingerprint density at radius 2 is 1.25 bits per heavy atom.